The Labute approximate surface area is 156 Å². The molecule has 138 valence electrons. The molecule has 1 aromatic heterocycles. The number of aromatic nitrogens is 2. The summed E-state index contributed by atoms with van der Waals surface area (Å²) in [5.41, 5.74) is 0.635. The minimum absolute atomic E-state index is 0.0280. The highest BCUT2D eigenvalue weighted by molar-refractivity contribution is 7.14. The zero-order valence-electron chi connectivity index (χ0n) is 14.8. The lowest BCUT2D eigenvalue weighted by atomic mass is 9.79. The van der Waals surface area contributed by atoms with Crippen LogP contribution in [0.5, 0.6) is 16.1 Å². The molecule has 0 aliphatic carbocycles. The third-order valence-corrected chi connectivity index (χ3v) is 6.12. The van der Waals surface area contributed by atoms with Crippen molar-refractivity contribution in [3.05, 3.63) is 29.8 Å². The molecule has 8 heteroatoms. The Balaban J connectivity index is 1.39. The van der Waals surface area contributed by atoms with Crippen LogP contribution in [0.3, 0.4) is 0 Å². The predicted molar refractivity (Wildman–Crippen MR) is 98.0 cm³/mol. The van der Waals surface area contributed by atoms with Gasteiger partial charge in [0.25, 0.3) is 11.1 Å². The number of fused-ring (bicyclic) bond motifs is 3. The van der Waals surface area contributed by atoms with E-state index in [1.807, 2.05) is 0 Å². The fourth-order valence-electron chi connectivity index (χ4n) is 3.88. The Hall–Kier alpha value is -2.19. The number of rotatable bonds is 5. The summed E-state index contributed by atoms with van der Waals surface area (Å²) < 4.78 is 10.6. The van der Waals surface area contributed by atoms with Crippen LogP contribution in [0.25, 0.3) is 0 Å². The van der Waals surface area contributed by atoms with E-state index in [0.29, 0.717) is 33.7 Å². The van der Waals surface area contributed by atoms with Crippen molar-refractivity contribution in [2.24, 2.45) is 5.92 Å². The highest BCUT2D eigenvalue weighted by Gasteiger charge is 2.40. The molecule has 3 aliphatic heterocycles. The summed E-state index contributed by atoms with van der Waals surface area (Å²) in [5.74, 6) is 1.17. The molecule has 26 heavy (non-hydrogen) atoms. The van der Waals surface area contributed by atoms with E-state index in [9.17, 15) is 4.79 Å². The lowest BCUT2D eigenvalue weighted by molar-refractivity contribution is 0.0217. The molecule has 0 saturated carbocycles. The highest BCUT2D eigenvalue weighted by atomic mass is 32.1. The average molecular weight is 374 g/mol. The highest BCUT2D eigenvalue weighted by Crippen LogP contribution is 2.32. The van der Waals surface area contributed by atoms with Crippen LogP contribution in [-0.4, -0.2) is 53.3 Å². The van der Waals surface area contributed by atoms with Crippen LogP contribution < -0.4 is 14.8 Å². The van der Waals surface area contributed by atoms with Gasteiger partial charge in [-0.15, -0.1) is 0 Å². The van der Waals surface area contributed by atoms with Gasteiger partial charge in [0.15, 0.2) is 0 Å². The number of amides is 1. The molecule has 1 N–H and O–H groups in total. The number of carbonyl (C=O) groups excluding carboxylic acids is 1. The number of hydrogen-bond donors (Lipinski definition) is 1. The lowest BCUT2D eigenvalue weighted by Crippen LogP contribution is -2.62. The Bertz CT molecular complexity index is 769. The summed E-state index contributed by atoms with van der Waals surface area (Å²) in [6, 6.07) is 7.71. The standard InChI is InChI=1S/C18H22N4O3S/c1-11-15(12-7-9-22(11)10-8-12)19-16(23)13-3-5-14(6-4-13)25-18-21-20-17(24-2)26-18/h3-6,11-12,15H,7-10H2,1-2H3,(H,19,23). The molecule has 1 aromatic carbocycles. The van der Waals surface area contributed by atoms with Crippen molar-refractivity contribution in [3.63, 3.8) is 0 Å². The van der Waals surface area contributed by atoms with Crippen LogP contribution in [0.1, 0.15) is 30.1 Å². The van der Waals surface area contributed by atoms with E-state index in [4.69, 9.17) is 9.47 Å². The van der Waals surface area contributed by atoms with Gasteiger partial charge in [0.2, 0.25) is 0 Å². The van der Waals surface area contributed by atoms with Crippen LogP contribution in [0.4, 0.5) is 0 Å². The second-order valence-corrected chi connectivity index (χ2v) is 7.68. The van der Waals surface area contributed by atoms with Crippen molar-refractivity contribution in [1.82, 2.24) is 20.4 Å². The maximum atomic E-state index is 12.6. The quantitative estimate of drug-likeness (QED) is 0.867. The molecule has 0 radical (unpaired) electrons. The molecular formula is C18H22N4O3S. The van der Waals surface area contributed by atoms with Gasteiger partial charge in [-0.3, -0.25) is 9.69 Å². The zero-order chi connectivity index (χ0) is 18.1. The first-order chi connectivity index (χ1) is 12.6. The van der Waals surface area contributed by atoms with E-state index in [1.165, 1.54) is 31.3 Å². The maximum absolute atomic E-state index is 12.6. The topological polar surface area (TPSA) is 76.6 Å². The fraction of sp³-hybridized carbons (Fsp3) is 0.500. The van der Waals surface area contributed by atoms with Gasteiger partial charge in [0.1, 0.15) is 5.75 Å². The number of benzene rings is 1. The molecule has 3 fully saturated rings. The monoisotopic (exact) mass is 374 g/mol. The molecule has 1 amide bonds. The Morgan fingerprint density at radius 1 is 1.19 bits per heavy atom. The molecule has 4 heterocycles. The first-order valence-electron chi connectivity index (χ1n) is 8.84. The molecule has 3 aliphatic rings. The predicted octanol–water partition coefficient (Wildman–Crippen LogP) is 2.55. The van der Waals surface area contributed by atoms with Gasteiger partial charge >= 0.3 is 5.19 Å². The third-order valence-electron chi connectivity index (χ3n) is 5.36. The van der Waals surface area contributed by atoms with Crippen molar-refractivity contribution in [3.8, 4) is 16.1 Å². The van der Waals surface area contributed by atoms with Crippen LogP contribution >= 0.6 is 11.3 Å². The van der Waals surface area contributed by atoms with Crippen LogP contribution in [0.15, 0.2) is 24.3 Å². The second kappa shape index (κ2) is 7.20. The maximum Gasteiger partial charge on any atom is 0.302 e. The van der Waals surface area contributed by atoms with E-state index in [1.54, 1.807) is 24.3 Å². The van der Waals surface area contributed by atoms with Gasteiger partial charge in [-0.05, 0) is 74.4 Å². The average Bonchev–Trinajstić information content (AvgIpc) is 3.13. The van der Waals surface area contributed by atoms with E-state index in [2.05, 4.69) is 27.3 Å². The molecule has 5 rings (SSSR count). The molecule has 0 spiro atoms. The number of nitrogens with zero attached hydrogens (tertiary/aromatic N) is 3. The number of carbonyl (C=O) groups is 1. The number of hydrogen-bond acceptors (Lipinski definition) is 7. The van der Waals surface area contributed by atoms with Crippen molar-refractivity contribution in [2.75, 3.05) is 20.2 Å². The van der Waals surface area contributed by atoms with Gasteiger partial charge in [-0.25, -0.2) is 0 Å². The first kappa shape index (κ1) is 17.2. The molecule has 2 aromatic rings. The Morgan fingerprint density at radius 3 is 2.50 bits per heavy atom. The summed E-state index contributed by atoms with van der Waals surface area (Å²) in [6.07, 6.45) is 2.35. The molecule has 3 saturated heterocycles. The van der Waals surface area contributed by atoms with Crippen molar-refractivity contribution in [1.29, 1.82) is 0 Å². The SMILES string of the molecule is COc1nnc(Oc2ccc(C(=O)NC3C4CCN(CC4)C3C)cc2)s1. The molecule has 2 bridgehead atoms. The number of methoxy groups -OCH3 is 1. The van der Waals surface area contributed by atoms with E-state index in [0.717, 1.165) is 13.1 Å². The van der Waals surface area contributed by atoms with Gasteiger partial charge in [0.05, 0.1) is 7.11 Å². The molecular weight excluding hydrogens is 352 g/mol. The number of piperidine rings is 3. The van der Waals surface area contributed by atoms with Crippen LogP contribution in [-0.2, 0) is 0 Å². The number of nitrogens with one attached hydrogen (secondary N) is 1. The number of ether oxygens (including phenoxy) is 2. The summed E-state index contributed by atoms with van der Waals surface area (Å²) in [7, 11) is 1.54. The largest absolute Gasteiger partial charge is 0.472 e. The fourth-order valence-corrected chi connectivity index (χ4v) is 4.41. The minimum Gasteiger partial charge on any atom is -0.472 e. The molecule has 7 nitrogen and oxygen atoms in total. The molecule has 2 unspecified atom stereocenters. The van der Waals surface area contributed by atoms with Gasteiger partial charge in [-0.2, -0.15) is 0 Å². The second-order valence-electron chi connectivity index (χ2n) is 6.78. The third kappa shape index (κ3) is 3.39. The summed E-state index contributed by atoms with van der Waals surface area (Å²) in [4.78, 5) is 15.1. The first-order valence-corrected chi connectivity index (χ1v) is 9.66. The Morgan fingerprint density at radius 2 is 1.88 bits per heavy atom. The normalized spacial score (nSPS) is 27.2. The zero-order valence-corrected chi connectivity index (χ0v) is 15.7. The van der Waals surface area contributed by atoms with Crippen molar-refractivity contribution in [2.45, 2.75) is 31.8 Å². The molecule has 2 atom stereocenters. The minimum atomic E-state index is -0.0280. The summed E-state index contributed by atoms with van der Waals surface area (Å²) >= 11 is 1.22. The summed E-state index contributed by atoms with van der Waals surface area (Å²) in [6.45, 7) is 4.52. The van der Waals surface area contributed by atoms with Crippen LogP contribution in [0.2, 0.25) is 0 Å². The van der Waals surface area contributed by atoms with Gasteiger partial charge in [-0.1, -0.05) is 10.2 Å². The lowest BCUT2D eigenvalue weighted by Gasteiger charge is -2.49. The van der Waals surface area contributed by atoms with Gasteiger partial charge in [0, 0.05) is 17.6 Å². The van der Waals surface area contributed by atoms with Crippen LogP contribution in [0, 0.1) is 5.92 Å². The smallest absolute Gasteiger partial charge is 0.302 e. The van der Waals surface area contributed by atoms with E-state index >= 15 is 0 Å². The van der Waals surface area contributed by atoms with Gasteiger partial charge < -0.3 is 14.8 Å². The van der Waals surface area contributed by atoms with Crippen molar-refractivity contribution < 1.29 is 14.3 Å². The summed E-state index contributed by atoms with van der Waals surface area (Å²) in [5, 5.41) is 11.8. The van der Waals surface area contributed by atoms with E-state index in [-0.39, 0.29) is 11.9 Å². The van der Waals surface area contributed by atoms with E-state index < -0.39 is 0 Å². The Kier molecular flexibility index (Phi) is 4.78. The van der Waals surface area contributed by atoms with Crippen molar-refractivity contribution >= 4 is 17.2 Å².